The molecular weight excluding hydrogens is 334 g/mol. The van der Waals surface area contributed by atoms with Crippen molar-refractivity contribution in [3.05, 3.63) is 82.1 Å². The summed E-state index contributed by atoms with van der Waals surface area (Å²) in [4.78, 5) is 42.1. The van der Waals surface area contributed by atoms with Crippen LogP contribution in [0.5, 0.6) is 5.75 Å². The number of pyridine rings is 1. The minimum absolute atomic E-state index is 0.00963. The van der Waals surface area contributed by atoms with Crippen LogP contribution < -0.4 is 4.74 Å². The number of ether oxygens (including phenoxy) is 1. The van der Waals surface area contributed by atoms with E-state index in [1.807, 2.05) is 13.0 Å². The van der Waals surface area contributed by atoms with Crippen LogP contribution in [0.4, 0.5) is 0 Å². The number of carbonyl (C=O) groups excluding carboxylic acids is 3. The summed E-state index contributed by atoms with van der Waals surface area (Å²) in [5, 5.41) is 0. The molecule has 26 heavy (non-hydrogen) atoms. The van der Waals surface area contributed by atoms with Crippen LogP contribution in [-0.2, 0) is 0 Å². The molecule has 3 aromatic rings. The molecule has 4 rings (SSSR count). The summed E-state index contributed by atoms with van der Waals surface area (Å²) in [7, 11) is 0. The van der Waals surface area contributed by atoms with Gasteiger partial charge in [-0.05, 0) is 43.7 Å². The van der Waals surface area contributed by atoms with Crippen molar-refractivity contribution in [2.24, 2.45) is 0 Å². The van der Waals surface area contributed by atoms with Crippen LogP contribution in [0.25, 0.3) is 0 Å². The van der Waals surface area contributed by atoms with Gasteiger partial charge in [0.1, 0.15) is 22.8 Å². The Labute approximate surface area is 148 Å². The van der Waals surface area contributed by atoms with E-state index in [0.717, 1.165) is 5.56 Å². The fourth-order valence-electron chi connectivity index (χ4n) is 3.01. The van der Waals surface area contributed by atoms with E-state index >= 15 is 0 Å². The lowest BCUT2D eigenvalue weighted by atomic mass is 9.90. The van der Waals surface area contributed by atoms with Crippen molar-refractivity contribution in [1.29, 1.82) is 0 Å². The van der Waals surface area contributed by atoms with Gasteiger partial charge in [0.05, 0.1) is 11.1 Å². The average Bonchev–Trinajstić information content (AvgIpc) is 2.97. The lowest BCUT2D eigenvalue weighted by Crippen LogP contribution is -2.23. The molecule has 0 bridgehead atoms. The average molecular weight is 347 g/mol. The summed E-state index contributed by atoms with van der Waals surface area (Å²) in [5.41, 5.74) is 0.964. The first-order chi connectivity index (χ1) is 12.5. The number of hydrogen-bond acceptors (Lipinski definition) is 6. The lowest BCUT2D eigenvalue weighted by Gasteiger charge is -2.12. The van der Waals surface area contributed by atoms with Gasteiger partial charge in [-0.2, -0.15) is 0 Å². The fraction of sp³-hybridized carbons (Fsp3) is 0.100. The second-order valence-electron chi connectivity index (χ2n) is 6.00. The van der Waals surface area contributed by atoms with Crippen molar-refractivity contribution >= 4 is 17.5 Å². The fourth-order valence-corrected chi connectivity index (χ4v) is 3.01. The first kappa shape index (κ1) is 16.0. The molecule has 0 aliphatic heterocycles. The van der Waals surface area contributed by atoms with Gasteiger partial charge in [0, 0.05) is 6.20 Å². The van der Waals surface area contributed by atoms with Gasteiger partial charge in [-0.1, -0.05) is 12.1 Å². The van der Waals surface area contributed by atoms with Gasteiger partial charge in [-0.3, -0.25) is 14.6 Å². The molecule has 6 nitrogen and oxygen atoms in total. The zero-order chi connectivity index (χ0) is 18.4. The Morgan fingerprint density at radius 3 is 2.65 bits per heavy atom. The molecule has 6 heteroatoms. The Morgan fingerprint density at radius 2 is 1.88 bits per heavy atom. The summed E-state index contributed by atoms with van der Waals surface area (Å²) in [6, 6.07) is 10.0. The molecular formula is C20H13NO5. The van der Waals surface area contributed by atoms with Gasteiger partial charge in [0.2, 0.25) is 11.6 Å². The number of carbonyl (C=O) groups is 3. The maximum atomic E-state index is 12.8. The standard InChI is InChI=1S/C20H13NO5/c1-10-5-3-6-12(9-10)26-20(24)14-11(2)25-19-15(14)18(23)16-13(17(19)22)7-4-8-21-16/h3-9H,1-2H3. The molecule has 0 N–H and O–H groups in total. The van der Waals surface area contributed by atoms with Gasteiger partial charge < -0.3 is 9.15 Å². The zero-order valence-corrected chi connectivity index (χ0v) is 14.0. The Balaban J connectivity index is 1.80. The SMILES string of the molecule is Cc1cccc(OC(=O)c2c(C)oc3c2C(=O)c2ncccc2C3=O)c1. The van der Waals surface area contributed by atoms with Crippen LogP contribution in [0, 0.1) is 13.8 Å². The van der Waals surface area contributed by atoms with Crippen LogP contribution in [0.3, 0.4) is 0 Å². The quantitative estimate of drug-likeness (QED) is 0.408. The Morgan fingerprint density at radius 1 is 1.08 bits per heavy atom. The van der Waals surface area contributed by atoms with Crippen molar-refractivity contribution < 1.29 is 23.5 Å². The highest BCUT2D eigenvalue weighted by Gasteiger charge is 2.39. The Hall–Kier alpha value is -3.54. The van der Waals surface area contributed by atoms with Crippen molar-refractivity contribution in [2.75, 3.05) is 0 Å². The van der Waals surface area contributed by atoms with Gasteiger partial charge in [-0.15, -0.1) is 0 Å². The third-order valence-electron chi connectivity index (χ3n) is 4.19. The molecule has 2 aromatic heterocycles. The molecule has 0 fully saturated rings. The Bertz CT molecular complexity index is 1090. The number of hydrogen-bond donors (Lipinski definition) is 0. The predicted octanol–water partition coefficient (Wildman–Crippen LogP) is 3.29. The van der Waals surface area contributed by atoms with E-state index in [4.69, 9.17) is 9.15 Å². The van der Waals surface area contributed by atoms with Crippen LogP contribution in [0.1, 0.15) is 53.9 Å². The van der Waals surface area contributed by atoms with Gasteiger partial charge >= 0.3 is 5.97 Å². The first-order valence-electron chi connectivity index (χ1n) is 7.94. The van der Waals surface area contributed by atoms with Crippen molar-refractivity contribution in [3.8, 4) is 5.75 Å². The summed E-state index contributed by atoms with van der Waals surface area (Å²) >= 11 is 0. The largest absolute Gasteiger partial charge is 0.456 e. The summed E-state index contributed by atoms with van der Waals surface area (Å²) < 4.78 is 10.8. The van der Waals surface area contributed by atoms with Gasteiger partial charge in [-0.25, -0.2) is 4.79 Å². The number of ketones is 2. The monoisotopic (exact) mass is 347 g/mol. The summed E-state index contributed by atoms with van der Waals surface area (Å²) in [6.45, 7) is 3.39. The number of furan rings is 1. The molecule has 128 valence electrons. The van der Waals surface area contributed by atoms with Crippen LogP contribution in [0.2, 0.25) is 0 Å². The number of rotatable bonds is 2. The van der Waals surface area contributed by atoms with Gasteiger partial charge in [0.25, 0.3) is 0 Å². The second-order valence-corrected chi connectivity index (χ2v) is 6.00. The Kier molecular flexibility index (Phi) is 3.54. The molecule has 0 saturated heterocycles. The molecule has 0 atom stereocenters. The summed E-state index contributed by atoms with van der Waals surface area (Å²) in [5.74, 6) is -1.40. The number of nitrogens with zero attached hydrogens (tertiary/aromatic N) is 1. The second kappa shape index (κ2) is 5.77. The molecule has 1 aromatic carbocycles. The molecule has 0 spiro atoms. The maximum Gasteiger partial charge on any atom is 0.347 e. The van der Waals surface area contributed by atoms with E-state index in [0.29, 0.717) is 5.75 Å². The molecule has 0 radical (unpaired) electrons. The van der Waals surface area contributed by atoms with E-state index in [2.05, 4.69) is 4.98 Å². The molecule has 0 saturated carbocycles. The minimum atomic E-state index is -0.751. The molecule has 2 heterocycles. The highest BCUT2D eigenvalue weighted by atomic mass is 16.5. The van der Waals surface area contributed by atoms with E-state index in [9.17, 15) is 14.4 Å². The maximum absolute atomic E-state index is 12.8. The van der Waals surface area contributed by atoms with Crippen molar-refractivity contribution in [1.82, 2.24) is 4.98 Å². The van der Waals surface area contributed by atoms with Crippen molar-refractivity contribution in [2.45, 2.75) is 13.8 Å². The van der Waals surface area contributed by atoms with Gasteiger partial charge in [0.15, 0.2) is 5.76 Å². The highest BCUT2D eigenvalue weighted by molar-refractivity contribution is 6.29. The minimum Gasteiger partial charge on any atom is -0.456 e. The first-order valence-corrected chi connectivity index (χ1v) is 7.94. The summed E-state index contributed by atoms with van der Waals surface area (Å²) in [6.07, 6.45) is 1.42. The van der Waals surface area contributed by atoms with Crippen LogP contribution >= 0.6 is 0 Å². The molecule has 1 aliphatic carbocycles. The number of aryl methyl sites for hydroxylation is 2. The molecule has 0 amide bonds. The highest BCUT2D eigenvalue weighted by Crippen LogP contribution is 2.33. The number of esters is 1. The van der Waals surface area contributed by atoms with E-state index in [1.165, 1.54) is 19.2 Å². The van der Waals surface area contributed by atoms with Crippen LogP contribution in [0.15, 0.2) is 47.0 Å². The van der Waals surface area contributed by atoms with Crippen molar-refractivity contribution in [3.63, 3.8) is 0 Å². The van der Waals surface area contributed by atoms with E-state index in [-0.39, 0.29) is 33.9 Å². The normalized spacial score (nSPS) is 12.5. The smallest absolute Gasteiger partial charge is 0.347 e. The number of fused-ring (bicyclic) bond motifs is 2. The third-order valence-corrected chi connectivity index (χ3v) is 4.19. The lowest BCUT2D eigenvalue weighted by molar-refractivity contribution is 0.0729. The number of benzene rings is 1. The van der Waals surface area contributed by atoms with E-state index in [1.54, 1.807) is 24.3 Å². The van der Waals surface area contributed by atoms with E-state index < -0.39 is 17.5 Å². The number of aromatic nitrogens is 1. The molecule has 0 unspecified atom stereocenters. The molecule has 1 aliphatic rings. The topological polar surface area (TPSA) is 86.5 Å². The third kappa shape index (κ3) is 2.35. The van der Waals surface area contributed by atoms with Crippen LogP contribution in [-0.4, -0.2) is 22.5 Å². The zero-order valence-electron chi connectivity index (χ0n) is 14.0. The predicted molar refractivity (Wildman–Crippen MR) is 90.7 cm³/mol.